The lowest BCUT2D eigenvalue weighted by molar-refractivity contribution is -0.0553. The van der Waals surface area contributed by atoms with Crippen LogP contribution in [0.4, 0.5) is 0 Å². The quantitative estimate of drug-likeness (QED) is 0.210. The van der Waals surface area contributed by atoms with Crippen molar-refractivity contribution in [2.24, 2.45) is 0 Å². The van der Waals surface area contributed by atoms with E-state index in [-0.39, 0.29) is 0 Å². The highest BCUT2D eigenvalue weighted by Crippen LogP contribution is 2.49. The fraction of sp³-hybridized carbons (Fsp3) is 0.351. The van der Waals surface area contributed by atoms with Crippen molar-refractivity contribution in [1.29, 1.82) is 0 Å². The van der Waals surface area contributed by atoms with Crippen LogP contribution in [0.1, 0.15) is 43.2 Å². The molecule has 2 atom stereocenters. The van der Waals surface area contributed by atoms with Crippen LogP contribution in [-0.2, 0) is 22.7 Å². The molecule has 0 aliphatic carbocycles. The van der Waals surface area contributed by atoms with Gasteiger partial charge in [-0.2, -0.15) is 0 Å². The first-order valence-corrected chi connectivity index (χ1v) is 15.4. The van der Waals surface area contributed by atoms with E-state index in [1.165, 1.54) is 6.42 Å². The zero-order valence-electron chi connectivity index (χ0n) is 24.6. The minimum atomic E-state index is -0.437. The maximum Gasteiger partial charge on any atom is 0.161 e. The normalized spacial score (nSPS) is 18.4. The summed E-state index contributed by atoms with van der Waals surface area (Å²) >= 11 is 0. The Labute approximate surface area is 254 Å². The van der Waals surface area contributed by atoms with E-state index in [2.05, 4.69) is 24.3 Å². The number of hydrogen-bond donors (Lipinski definition) is 0. The van der Waals surface area contributed by atoms with Gasteiger partial charge in [-0.25, -0.2) is 0 Å². The van der Waals surface area contributed by atoms with Gasteiger partial charge in [0.2, 0.25) is 0 Å². The van der Waals surface area contributed by atoms with Gasteiger partial charge in [0.25, 0.3) is 0 Å². The Morgan fingerprint density at radius 1 is 0.465 bits per heavy atom. The first-order chi connectivity index (χ1) is 21.3. The van der Waals surface area contributed by atoms with E-state index in [9.17, 15) is 0 Å². The average molecular weight is 581 g/mol. The van der Waals surface area contributed by atoms with Crippen LogP contribution in [0.15, 0.2) is 97.1 Å². The molecule has 6 heteroatoms. The molecule has 0 fully saturated rings. The fourth-order valence-electron chi connectivity index (χ4n) is 5.55. The van der Waals surface area contributed by atoms with Gasteiger partial charge in [-0.15, -0.1) is 0 Å². The molecule has 224 valence electrons. The molecule has 4 aromatic rings. The Morgan fingerprint density at radius 3 is 1.35 bits per heavy atom. The van der Waals surface area contributed by atoms with Crippen LogP contribution < -0.4 is 18.9 Å². The molecule has 0 saturated carbocycles. The molecule has 0 N–H and O–H groups in total. The molecule has 2 aliphatic heterocycles. The molecule has 0 aromatic heterocycles. The molecule has 0 radical (unpaired) electrons. The third-order valence-electron chi connectivity index (χ3n) is 7.79. The van der Waals surface area contributed by atoms with E-state index in [1.807, 2.05) is 72.8 Å². The van der Waals surface area contributed by atoms with Crippen LogP contribution in [-0.4, -0.2) is 38.6 Å². The monoisotopic (exact) mass is 580 g/mol. The number of hydrogen-bond acceptors (Lipinski definition) is 6. The van der Waals surface area contributed by atoms with Crippen molar-refractivity contribution in [2.45, 2.75) is 57.5 Å². The summed E-state index contributed by atoms with van der Waals surface area (Å²) in [5.41, 5.74) is 3.91. The van der Waals surface area contributed by atoms with Crippen LogP contribution in [0, 0.1) is 0 Å². The van der Waals surface area contributed by atoms with Crippen molar-refractivity contribution in [3.63, 3.8) is 0 Å². The van der Waals surface area contributed by atoms with E-state index >= 15 is 0 Å². The van der Waals surface area contributed by atoms with Gasteiger partial charge in [-0.1, -0.05) is 92.1 Å². The zero-order chi connectivity index (χ0) is 29.1. The smallest absolute Gasteiger partial charge is 0.161 e. The first kappa shape index (κ1) is 29.1. The summed E-state index contributed by atoms with van der Waals surface area (Å²) in [6.45, 7) is 2.89. The Morgan fingerprint density at radius 2 is 0.884 bits per heavy atom. The summed E-state index contributed by atoms with van der Waals surface area (Å²) < 4.78 is 38.8. The molecule has 6 nitrogen and oxygen atoms in total. The third-order valence-corrected chi connectivity index (χ3v) is 7.79. The lowest BCUT2D eigenvalue weighted by Gasteiger charge is -2.33. The Hall–Kier alpha value is -4.00. The lowest BCUT2D eigenvalue weighted by atomic mass is 9.99. The van der Waals surface area contributed by atoms with Crippen LogP contribution in [0.2, 0.25) is 0 Å². The maximum absolute atomic E-state index is 6.80. The minimum absolute atomic E-state index is 0.324. The van der Waals surface area contributed by atoms with Gasteiger partial charge < -0.3 is 28.4 Å². The van der Waals surface area contributed by atoms with Crippen molar-refractivity contribution < 1.29 is 28.4 Å². The number of rotatable bonds is 8. The summed E-state index contributed by atoms with van der Waals surface area (Å²) in [5, 5.41) is 0. The van der Waals surface area contributed by atoms with Crippen molar-refractivity contribution in [3.05, 3.63) is 108 Å². The van der Waals surface area contributed by atoms with E-state index in [4.69, 9.17) is 28.4 Å². The van der Waals surface area contributed by atoms with Gasteiger partial charge in [0.15, 0.2) is 12.2 Å². The van der Waals surface area contributed by atoms with Gasteiger partial charge in [0.1, 0.15) is 23.0 Å². The Kier molecular flexibility index (Phi) is 10.1. The molecule has 2 aliphatic rings. The van der Waals surface area contributed by atoms with Crippen LogP contribution >= 0.6 is 0 Å². The zero-order valence-corrected chi connectivity index (χ0v) is 24.6. The molecular formula is C37H40O6. The van der Waals surface area contributed by atoms with Gasteiger partial charge in [0.05, 0.1) is 50.8 Å². The van der Waals surface area contributed by atoms with Gasteiger partial charge in [-0.05, 0) is 48.2 Å². The third kappa shape index (κ3) is 7.70. The summed E-state index contributed by atoms with van der Waals surface area (Å²) in [7, 11) is 0. The molecule has 0 unspecified atom stereocenters. The highest BCUT2D eigenvalue weighted by atomic mass is 16.6. The maximum atomic E-state index is 6.80. The molecule has 43 heavy (non-hydrogen) atoms. The summed E-state index contributed by atoms with van der Waals surface area (Å²) in [6, 6.07) is 32.3. The second kappa shape index (κ2) is 14.9. The fourth-order valence-corrected chi connectivity index (χ4v) is 5.55. The van der Waals surface area contributed by atoms with Crippen LogP contribution in [0.25, 0.3) is 11.1 Å². The van der Waals surface area contributed by atoms with Gasteiger partial charge in [-0.3, -0.25) is 0 Å². The highest BCUT2D eigenvalue weighted by Gasteiger charge is 2.33. The molecule has 0 saturated heterocycles. The van der Waals surface area contributed by atoms with E-state index in [0.29, 0.717) is 51.1 Å². The van der Waals surface area contributed by atoms with E-state index in [1.54, 1.807) is 0 Å². The molecule has 0 amide bonds. The van der Waals surface area contributed by atoms with Crippen molar-refractivity contribution in [3.8, 4) is 34.1 Å². The summed E-state index contributed by atoms with van der Waals surface area (Å²) in [6.07, 6.45) is 4.59. The number of benzene rings is 4. The van der Waals surface area contributed by atoms with Gasteiger partial charge >= 0.3 is 0 Å². The predicted octanol–water partition coefficient (Wildman–Crippen LogP) is 8.02. The first-order valence-electron chi connectivity index (χ1n) is 15.4. The molecule has 0 bridgehead atoms. The lowest BCUT2D eigenvalue weighted by Crippen LogP contribution is -2.44. The topological polar surface area (TPSA) is 55.4 Å². The van der Waals surface area contributed by atoms with Crippen molar-refractivity contribution in [2.75, 3.05) is 26.4 Å². The summed E-state index contributed by atoms with van der Waals surface area (Å²) in [4.78, 5) is 0. The Balaban J connectivity index is 1.33. The molecular weight excluding hydrogens is 540 g/mol. The predicted molar refractivity (Wildman–Crippen MR) is 167 cm³/mol. The molecule has 6 rings (SSSR count). The molecule has 0 spiro atoms. The standard InChI is InChI=1S/C37H40O6/c1-2-10-22-40-30-18-12-20-32-36(30)37-31(41-23-11-3-1)19-13-21-33(37)43-35(27-39-25-29-16-8-5-9-17-29)34(42-32)26-38-24-28-14-6-4-7-15-28/h4-9,12-21,34-35H,1-3,10-11,22-27H2/t34-,35-/m1/s1. The Bertz CT molecular complexity index is 1310. The van der Waals surface area contributed by atoms with Gasteiger partial charge in [0, 0.05) is 0 Å². The van der Waals surface area contributed by atoms with E-state index < -0.39 is 12.2 Å². The molecule has 2 heterocycles. The largest absolute Gasteiger partial charge is 0.493 e. The number of ether oxygens (including phenoxy) is 6. The average Bonchev–Trinajstić information content (AvgIpc) is 3.05. The van der Waals surface area contributed by atoms with E-state index in [0.717, 1.165) is 59.4 Å². The van der Waals surface area contributed by atoms with Crippen LogP contribution in [0.5, 0.6) is 23.0 Å². The minimum Gasteiger partial charge on any atom is -0.493 e. The highest BCUT2D eigenvalue weighted by molar-refractivity contribution is 5.85. The SMILES string of the molecule is c1ccc(COC[C@H]2Oc3cccc4c3-c3c(cccc3O[C@@H]2COCc2ccccc2)OCCCCCCCO4)cc1. The van der Waals surface area contributed by atoms with Crippen molar-refractivity contribution >= 4 is 0 Å². The second-order valence-corrected chi connectivity index (χ2v) is 11.0. The second-order valence-electron chi connectivity index (χ2n) is 11.0. The van der Waals surface area contributed by atoms with Crippen LogP contribution in [0.3, 0.4) is 0 Å². The van der Waals surface area contributed by atoms with Crippen molar-refractivity contribution in [1.82, 2.24) is 0 Å². The molecule has 4 aromatic carbocycles. The summed E-state index contributed by atoms with van der Waals surface area (Å²) in [5.74, 6) is 2.96.